The number of nitrogens with zero attached hydrogens (tertiary/aromatic N) is 5. The maximum Gasteiger partial charge on any atom is 0.163 e. The fraction of sp³-hybridized carbons (Fsp3) is 0.200. The minimum Gasteiger partial charge on any atom is -0.368 e. The Balaban J connectivity index is 1.46. The van der Waals surface area contributed by atoms with E-state index in [-0.39, 0.29) is 0 Å². The number of halogens is 1. The van der Waals surface area contributed by atoms with E-state index in [4.69, 9.17) is 16.6 Å². The topological polar surface area (TPSA) is 36.7 Å². The first-order chi connectivity index (χ1) is 12.8. The van der Waals surface area contributed by atoms with Gasteiger partial charge >= 0.3 is 0 Å². The molecule has 130 valence electrons. The molecule has 4 aromatic rings. The van der Waals surface area contributed by atoms with E-state index in [0.29, 0.717) is 0 Å². The van der Waals surface area contributed by atoms with Gasteiger partial charge in [-0.3, -0.25) is 4.40 Å². The first-order valence-corrected chi connectivity index (χ1v) is 9.15. The van der Waals surface area contributed by atoms with Gasteiger partial charge in [0.2, 0.25) is 0 Å². The molecule has 0 saturated carbocycles. The molecule has 0 bridgehead atoms. The normalized spacial score (nSPS) is 15.1. The SMILES string of the molecule is Clc1ccc(N2CCN(c3nc4cccnc4n4cccc34)CC2)cc1. The zero-order valence-electron chi connectivity index (χ0n) is 14.2. The van der Waals surface area contributed by atoms with Crippen molar-refractivity contribution in [1.29, 1.82) is 0 Å². The van der Waals surface area contributed by atoms with Gasteiger partial charge in [0.05, 0.1) is 5.52 Å². The number of benzene rings is 1. The second kappa shape index (κ2) is 6.18. The molecule has 4 heterocycles. The van der Waals surface area contributed by atoms with Crippen molar-refractivity contribution in [2.24, 2.45) is 0 Å². The molecule has 3 aromatic heterocycles. The van der Waals surface area contributed by atoms with E-state index >= 15 is 0 Å². The van der Waals surface area contributed by atoms with Gasteiger partial charge in [0.1, 0.15) is 5.52 Å². The Kier molecular flexibility index (Phi) is 3.68. The standard InChI is InChI=1S/C20H18ClN5/c21-15-5-7-16(8-6-15)24-11-13-25(14-12-24)20-18-4-2-10-26(18)19-17(23-20)3-1-9-22-19/h1-10H,11-14H2. The van der Waals surface area contributed by atoms with Crippen LogP contribution in [0, 0.1) is 0 Å². The molecular weight excluding hydrogens is 346 g/mol. The Labute approximate surface area is 156 Å². The summed E-state index contributed by atoms with van der Waals surface area (Å²) in [6.45, 7) is 3.78. The van der Waals surface area contributed by atoms with Crippen molar-refractivity contribution >= 4 is 39.8 Å². The number of hydrogen-bond acceptors (Lipinski definition) is 4. The average molecular weight is 364 g/mol. The summed E-state index contributed by atoms with van der Waals surface area (Å²) in [5.74, 6) is 1.03. The Morgan fingerprint density at radius 1 is 0.846 bits per heavy atom. The van der Waals surface area contributed by atoms with Crippen LogP contribution in [0.25, 0.3) is 16.7 Å². The molecule has 0 radical (unpaired) electrons. The Morgan fingerprint density at radius 3 is 2.42 bits per heavy atom. The molecule has 1 saturated heterocycles. The van der Waals surface area contributed by atoms with Gasteiger partial charge in [0.15, 0.2) is 11.5 Å². The summed E-state index contributed by atoms with van der Waals surface area (Å²) in [7, 11) is 0. The first-order valence-electron chi connectivity index (χ1n) is 8.77. The summed E-state index contributed by atoms with van der Waals surface area (Å²) in [6, 6.07) is 16.2. The van der Waals surface area contributed by atoms with Gasteiger partial charge in [-0.1, -0.05) is 11.6 Å². The summed E-state index contributed by atoms with van der Waals surface area (Å²) < 4.78 is 2.13. The average Bonchev–Trinajstić information content (AvgIpc) is 3.18. The minimum atomic E-state index is 0.775. The van der Waals surface area contributed by atoms with Crippen molar-refractivity contribution in [2.75, 3.05) is 36.0 Å². The van der Waals surface area contributed by atoms with Crippen molar-refractivity contribution in [3.05, 3.63) is 65.9 Å². The Hall–Kier alpha value is -2.79. The third-order valence-electron chi connectivity index (χ3n) is 4.97. The van der Waals surface area contributed by atoms with E-state index in [1.165, 1.54) is 5.69 Å². The van der Waals surface area contributed by atoms with E-state index in [0.717, 1.165) is 53.7 Å². The number of rotatable bonds is 2. The number of pyridine rings is 1. The van der Waals surface area contributed by atoms with E-state index in [1.54, 1.807) is 0 Å². The fourth-order valence-corrected chi connectivity index (χ4v) is 3.77. The highest BCUT2D eigenvalue weighted by Crippen LogP contribution is 2.26. The summed E-state index contributed by atoms with van der Waals surface area (Å²) in [5.41, 5.74) is 4.15. The van der Waals surface area contributed by atoms with Crippen LogP contribution in [0.1, 0.15) is 0 Å². The lowest BCUT2D eigenvalue weighted by molar-refractivity contribution is 0.649. The Bertz CT molecular complexity index is 1060. The van der Waals surface area contributed by atoms with E-state index in [1.807, 2.05) is 30.5 Å². The van der Waals surface area contributed by atoms with Crippen LogP contribution in [0.2, 0.25) is 5.02 Å². The number of aromatic nitrogens is 3. The molecule has 6 heteroatoms. The molecule has 0 amide bonds. The minimum absolute atomic E-state index is 0.775. The predicted molar refractivity (Wildman–Crippen MR) is 106 cm³/mol. The second-order valence-corrected chi connectivity index (χ2v) is 6.93. The van der Waals surface area contributed by atoms with Gasteiger partial charge in [-0.05, 0) is 48.5 Å². The zero-order valence-corrected chi connectivity index (χ0v) is 15.0. The van der Waals surface area contributed by atoms with Crippen LogP contribution in [-0.2, 0) is 0 Å². The van der Waals surface area contributed by atoms with Crippen molar-refractivity contribution in [1.82, 2.24) is 14.4 Å². The lowest BCUT2D eigenvalue weighted by atomic mass is 10.2. The molecule has 0 atom stereocenters. The summed E-state index contributed by atoms with van der Waals surface area (Å²) in [6.07, 6.45) is 3.87. The fourth-order valence-electron chi connectivity index (χ4n) is 3.64. The predicted octanol–water partition coefficient (Wildman–Crippen LogP) is 3.86. The van der Waals surface area contributed by atoms with Gasteiger partial charge in [-0.2, -0.15) is 0 Å². The largest absolute Gasteiger partial charge is 0.368 e. The summed E-state index contributed by atoms with van der Waals surface area (Å²) >= 11 is 6.00. The number of anilines is 2. The van der Waals surface area contributed by atoms with Crippen LogP contribution < -0.4 is 9.80 Å². The van der Waals surface area contributed by atoms with Crippen molar-refractivity contribution in [3.8, 4) is 0 Å². The van der Waals surface area contributed by atoms with Crippen LogP contribution in [-0.4, -0.2) is 40.5 Å². The van der Waals surface area contributed by atoms with Crippen LogP contribution in [0.15, 0.2) is 60.9 Å². The molecule has 1 aliphatic heterocycles. The molecule has 0 spiro atoms. The smallest absolute Gasteiger partial charge is 0.163 e. The van der Waals surface area contributed by atoms with Gasteiger partial charge < -0.3 is 9.80 Å². The third-order valence-corrected chi connectivity index (χ3v) is 5.22. The van der Waals surface area contributed by atoms with Gasteiger partial charge in [-0.15, -0.1) is 0 Å². The summed E-state index contributed by atoms with van der Waals surface area (Å²) in [4.78, 5) is 14.2. The first kappa shape index (κ1) is 15.5. The highest BCUT2D eigenvalue weighted by Gasteiger charge is 2.21. The number of piperazine rings is 1. The lowest BCUT2D eigenvalue weighted by Crippen LogP contribution is -2.47. The molecule has 1 aromatic carbocycles. The molecule has 1 aliphatic rings. The Morgan fingerprint density at radius 2 is 1.62 bits per heavy atom. The van der Waals surface area contributed by atoms with Crippen molar-refractivity contribution in [2.45, 2.75) is 0 Å². The number of hydrogen-bond donors (Lipinski definition) is 0. The molecule has 0 unspecified atom stereocenters. The molecule has 5 rings (SSSR count). The van der Waals surface area contributed by atoms with Crippen LogP contribution in [0.3, 0.4) is 0 Å². The maximum absolute atomic E-state index is 6.00. The van der Waals surface area contributed by atoms with Gasteiger partial charge in [0.25, 0.3) is 0 Å². The van der Waals surface area contributed by atoms with Crippen LogP contribution >= 0.6 is 11.6 Å². The van der Waals surface area contributed by atoms with Crippen molar-refractivity contribution < 1.29 is 0 Å². The maximum atomic E-state index is 6.00. The molecule has 26 heavy (non-hydrogen) atoms. The molecule has 5 nitrogen and oxygen atoms in total. The highest BCUT2D eigenvalue weighted by molar-refractivity contribution is 6.30. The van der Waals surface area contributed by atoms with Gasteiger partial charge in [-0.25, -0.2) is 9.97 Å². The van der Waals surface area contributed by atoms with E-state index in [2.05, 4.69) is 49.6 Å². The quantitative estimate of drug-likeness (QED) is 0.542. The van der Waals surface area contributed by atoms with Crippen molar-refractivity contribution in [3.63, 3.8) is 0 Å². The molecular formula is C20H18ClN5. The summed E-state index contributed by atoms with van der Waals surface area (Å²) in [5, 5.41) is 0.775. The molecule has 1 fully saturated rings. The number of fused-ring (bicyclic) bond motifs is 3. The van der Waals surface area contributed by atoms with E-state index < -0.39 is 0 Å². The van der Waals surface area contributed by atoms with E-state index in [9.17, 15) is 0 Å². The lowest BCUT2D eigenvalue weighted by Gasteiger charge is -2.37. The van der Waals surface area contributed by atoms with Crippen LogP contribution in [0.4, 0.5) is 11.5 Å². The monoisotopic (exact) mass is 363 g/mol. The highest BCUT2D eigenvalue weighted by atomic mass is 35.5. The van der Waals surface area contributed by atoms with Crippen LogP contribution in [0.5, 0.6) is 0 Å². The molecule has 0 aliphatic carbocycles. The zero-order chi connectivity index (χ0) is 17.5. The van der Waals surface area contributed by atoms with Gasteiger partial charge in [0, 0.05) is 49.3 Å². The second-order valence-electron chi connectivity index (χ2n) is 6.50. The third kappa shape index (κ3) is 2.56. The molecule has 0 N–H and O–H groups in total.